The highest BCUT2D eigenvalue weighted by Gasteiger charge is 2.14. The van der Waals surface area contributed by atoms with Crippen molar-refractivity contribution in [2.45, 2.75) is 18.9 Å². The molecule has 6 heteroatoms. The summed E-state index contributed by atoms with van der Waals surface area (Å²) >= 11 is 0. The number of carbonyl (C=O) groups excluding carboxylic acids is 1. The van der Waals surface area contributed by atoms with Crippen LogP contribution in [0.5, 0.6) is 0 Å². The van der Waals surface area contributed by atoms with Crippen molar-refractivity contribution in [1.82, 2.24) is 10.6 Å². The molecule has 0 heterocycles. The zero-order chi connectivity index (χ0) is 11.0. The third kappa shape index (κ3) is 5.87. The fourth-order valence-electron chi connectivity index (χ4n) is 0.915. The molecule has 0 saturated heterocycles. The Bertz CT molecular complexity index is 218. The van der Waals surface area contributed by atoms with Crippen molar-refractivity contribution in [1.29, 1.82) is 0 Å². The van der Waals surface area contributed by atoms with E-state index in [1.807, 2.05) is 0 Å². The minimum absolute atomic E-state index is 0.347. The highest BCUT2D eigenvalue weighted by atomic mass is 16.4. The van der Waals surface area contributed by atoms with E-state index in [1.54, 1.807) is 0 Å². The molecule has 1 amide bonds. The number of aliphatic carboxylic acids is 1. The van der Waals surface area contributed by atoms with Crippen LogP contribution in [0.15, 0.2) is 12.4 Å². The Morgan fingerprint density at radius 1 is 1.64 bits per heavy atom. The van der Waals surface area contributed by atoms with Crippen LogP contribution in [0.4, 0.5) is 0 Å². The van der Waals surface area contributed by atoms with Gasteiger partial charge in [-0.1, -0.05) is 6.58 Å². The van der Waals surface area contributed by atoms with Crippen LogP contribution < -0.4 is 16.4 Å². The summed E-state index contributed by atoms with van der Waals surface area (Å²) in [6, 6.07) is -0.833. The Morgan fingerprint density at radius 2 is 2.29 bits per heavy atom. The Morgan fingerprint density at radius 3 is 2.71 bits per heavy atom. The standard InChI is InChI=1S/C8H15N3O3/c1-6(9)10-4-2-3-7(8(13)14)11-5-12/h5,7,10H,1-4,9H2,(H,11,12)(H,13,14). The van der Waals surface area contributed by atoms with Gasteiger partial charge in [-0.2, -0.15) is 0 Å². The molecule has 1 unspecified atom stereocenters. The van der Waals surface area contributed by atoms with Gasteiger partial charge in [0.1, 0.15) is 6.04 Å². The average Bonchev–Trinajstić information content (AvgIpc) is 2.09. The minimum Gasteiger partial charge on any atom is -0.480 e. The van der Waals surface area contributed by atoms with Gasteiger partial charge in [0.15, 0.2) is 0 Å². The van der Waals surface area contributed by atoms with E-state index >= 15 is 0 Å². The normalized spacial score (nSPS) is 11.4. The van der Waals surface area contributed by atoms with Gasteiger partial charge in [0.25, 0.3) is 0 Å². The van der Waals surface area contributed by atoms with Crippen LogP contribution in [0.25, 0.3) is 0 Å². The molecule has 0 aromatic heterocycles. The Balaban J connectivity index is 3.66. The Hall–Kier alpha value is -1.72. The Labute approximate surface area is 82.2 Å². The summed E-state index contributed by atoms with van der Waals surface area (Å²) in [6.07, 6.45) is 1.33. The maximum absolute atomic E-state index is 10.5. The average molecular weight is 201 g/mol. The van der Waals surface area contributed by atoms with Gasteiger partial charge < -0.3 is 21.5 Å². The van der Waals surface area contributed by atoms with Crippen LogP contribution in [-0.4, -0.2) is 30.1 Å². The van der Waals surface area contributed by atoms with Gasteiger partial charge in [-0.25, -0.2) is 4.79 Å². The largest absolute Gasteiger partial charge is 0.480 e. The lowest BCUT2D eigenvalue weighted by molar-refractivity contribution is -0.140. The van der Waals surface area contributed by atoms with Gasteiger partial charge in [-0.05, 0) is 12.8 Å². The molecule has 0 aliphatic carbocycles. The molecular weight excluding hydrogens is 186 g/mol. The van der Waals surface area contributed by atoms with Gasteiger partial charge in [0.2, 0.25) is 6.41 Å². The highest BCUT2D eigenvalue weighted by Crippen LogP contribution is 1.96. The van der Waals surface area contributed by atoms with Crippen molar-refractivity contribution < 1.29 is 14.7 Å². The number of amides is 1. The molecule has 0 spiro atoms. The van der Waals surface area contributed by atoms with Crippen LogP contribution in [0.3, 0.4) is 0 Å². The van der Waals surface area contributed by atoms with Gasteiger partial charge in [0, 0.05) is 6.54 Å². The molecule has 0 aliphatic rings. The molecule has 0 aliphatic heterocycles. The lowest BCUT2D eigenvalue weighted by atomic mass is 10.1. The first-order valence-electron chi connectivity index (χ1n) is 4.18. The van der Waals surface area contributed by atoms with Crippen LogP contribution in [0, 0.1) is 0 Å². The van der Waals surface area contributed by atoms with Gasteiger partial charge >= 0.3 is 5.97 Å². The number of carbonyl (C=O) groups is 2. The third-order valence-corrected chi connectivity index (χ3v) is 1.59. The van der Waals surface area contributed by atoms with Crippen LogP contribution in [-0.2, 0) is 9.59 Å². The topological polar surface area (TPSA) is 104 Å². The van der Waals surface area contributed by atoms with E-state index in [4.69, 9.17) is 10.8 Å². The number of carboxylic acid groups (broad SMARTS) is 1. The van der Waals surface area contributed by atoms with Crippen molar-refractivity contribution in [3.63, 3.8) is 0 Å². The highest BCUT2D eigenvalue weighted by molar-refractivity contribution is 5.76. The van der Waals surface area contributed by atoms with E-state index in [1.165, 1.54) is 0 Å². The van der Waals surface area contributed by atoms with Gasteiger partial charge in [0.05, 0.1) is 5.82 Å². The van der Waals surface area contributed by atoms with E-state index in [0.717, 1.165) is 0 Å². The van der Waals surface area contributed by atoms with E-state index < -0.39 is 12.0 Å². The number of nitrogens with one attached hydrogen (secondary N) is 2. The summed E-state index contributed by atoms with van der Waals surface area (Å²) < 4.78 is 0. The lowest BCUT2D eigenvalue weighted by Gasteiger charge is -2.11. The molecule has 0 rings (SSSR count). The van der Waals surface area contributed by atoms with Crippen molar-refractivity contribution in [3.05, 3.63) is 12.4 Å². The van der Waals surface area contributed by atoms with Gasteiger partial charge in [-0.15, -0.1) is 0 Å². The maximum atomic E-state index is 10.5. The summed E-state index contributed by atoms with van der Waals surface area (Å²) in [4.78, 5) is 20.6. The number of nitrogens with two attached hydrogens (primary N) is 1. The number of hydrogen-bond acceptors (Lipinski definition) is 4. The first kappa shape index (κ1) is 12.3. The molecule has 0 aromatic carbocycles. The molecule has 80 valence electrons. The number of hydrogen-bond donors (Lipinski definition) is 4. The summed E-state index contributed by atoms with van der Waals surface area (Å²) in [5.74, 6) is -0.691. The van der Waals surface area contributed by atoms with Gasteiger partial charge in [-0.3, -0.25) is 4.79 Å². The predicted molar refractivity (Wildman–Crippen MR) is 51.2 cm³/mol. The molecule has 0 bridgehead atoms. The zero-order valence-electron chi connectivity index (χ0n) is 7.82. The van der Waals surface area contributed by atoms with Crippen molar-refractivity contribution >= 4 is 12.4 Å². The maximum Gasteiger partial charge on any atom is 0.326 e. The molecular formula is C8H15N3O3. The quantitative estimate of drug-likeness (QED) is 0.297. The van der Waals surface area contributed by atoms with E-state index in [-0.39, 0.29) is 0 Å². The van der Waals surface area contributed by atoms with Crippen molar-refractivity contribution in [2.75, 3.05) is 6.54 Å². The van der Waals surface area contributed by atoms with Crippen LogP contribution in [0.1, 0.15) is 12.8 Å². The minimum atomic E-state index is -1.04. The summed E-state index contributed by atoms with van der Waals surface area (Å²) in [5.41, 5.74) is 5.23. The molecule has 0 fully saturated rings. The van der Waals surface area contributed by atoms with Crippen molar-refractivity contribution in [3.8, 4) is 0 Å². The first-order valence-corrected chi connectivity index (χ1v) is 4.18. The third-order valence-electron chi connectivity index (χ3n) is 1.59. The summed E-state index contributed by atoms with van der Waals surface area (Å²) in [5, 5.41) is 13.6. The van der Waals surface area contributed by atoms with E-state index in [9.17, 15) is 9.59 Å². The first-order chi connectivity index (χ1) is 6.57. The molecule has 0 aromatic rings. The summed E-state index contributed by atoms with van der Waals surface area (Å²) in [6.45, 7) is 3.96. The molecule has 14 heavy (non-hydrogen) atoms. The van der Waals surface area contributed by atoms with E-state index in [2.05, 4.69) is 17.2 Å². The number of rotatable bonds is 8. The second-order valence-corrected chi connectivity index (χ2v) is 2.77. The molecule has 6 nitrogen and oxygen atoms in total. The number of carboxylic acids is 1. The zero-order valence-corrected chi connectivity index (χ0v) is 7.82. The predicted octanol–water partition coefficient (Wildman–Crippen LogP) is -1.01. The molecule has 0 radical (unpaired) electrons. The second-order valence-electron chi connectivity index (χ2n) is 2.77. The fourth-order valence-corrected chi connectivity index (χ4v) is 0.915. The van der Waals surface area contributed by atoms with E-state index in [0.29, 0.717) is 31.6 Å². The summed E-state index contributed by atoms with van der Waals surface area (Å²) in [7, 11) is 0. The van der Waals surface area contributed by atoms with Crippen LogP contribution in [0.2, 0.25) is 0 Å². The SMILES string of the molecule is C=C(N)NCCCC(NC=O)C(=O)O. The molecule has 5 N–H and O–H groups in total. The molecule has 0 saturated carbocycles. The second kappa shape index (κ2) is 6.76. The molecule has 1 atom stereocenters. The van der Waals surface area contributed by atoms with Crippen molar-refractivity contribution in [2.24, 2.45) is 5.73 Å². The smallest absolute Gasteiger partial charge is 0.326 e. The Kier molecular flexibility index (Phi) is 5.93. The lowest BCUT2D eigenvalue weighted by Crippen LogP contribution is -2.36. The fraction of sp³-hybridized carbons (Fsp3) is 0.500. The van der Waals surface area contributed by atoms with Crippen LogP contribution >= 0.6 is 0 Å². The monoisotopic (exact) mass is 201 g/mol.